The number of likely N-dealkylation sites (tertiary alicyclic amines) is 1. The quantitative estimate of drug-likeness (QED) is 0.642. The third-order valence-electron chi connectivity index (χ3n) is 4.83. The molecule has 0 radical (unpaired) electrons. The Morgan fingerprint density at radius 1 is 1.00 bits per heavy atom. The van der Waals surface area contributed by atoms with Crippen LogP contribution in [0.25, 0.3) is 0 Å². The van der Waals surface area contributed by atoms with Crippen molar-refractivity contribution >= 4 is 0 Å². The van der Waals surface area contributed by atoms with E-state index in [1.54, 1.807) is 4.90 Å². The van der Waals surface area contributed by atoms with Gasteiger partial charge in [0.25, 0.3) is 0 Å². The molecule has 1 saturated carbocycles. The third-order valence-corrected chi connectivity index (χ3v) is 4.83. The maximum absolute atomic E-state index is 3.38. The molecule has 1 aromatic rings. The smallest absolute Gasteiger partial charge is 0.139 e. The number of benzene rings is 1. The molecule has 0 amide bonds. The lowest BCUT2D eigenvalue weighted by Crippen LogP contribution is -3.13. The van der Waals surface area contributed by atoms with Crippen LogP contribution in [0.3, 0.4) is 0 Å². The van der Waals surface area contributed by atoms with E-state index in [9.17, 15) is 0 Å². The second-order valence-corrected chi connectivity index (χ2v) is 6.14. The zero-order chi connectivity index (χ0) is 12.9. The van der Waals surface area contributed by atoms with Gasteiger partial charge in [0.2, 0.25) is 0 Å². The van der Waals surface area contributed by atoms with Gasteiger partial charge in [-0.2, -0.15) is 0 Å². The molecule has 0 aromatic heterocycles. The monoisotopic (exact) mass is 289 g/mol. The van der Waals surface area contributed by atoms with Crippen LogP contribution in [-0.2, 0) is 0 Å². The molecule has 1 N–H and O–H groups in total. The van der Waals surface area contributed by atoms with Gasteiger partial charge in [-0.1, -0.05) is 37.0 Å². The molecule has 1 unspecified atom stereocenters. The average molecular weight is 290 g/mol. The fourth-order valence-corrected chi connectivity index (χ4v) is 3.75. The fraction of sp³-hybridized carbons (Fsp3) is 0.556. The SMILES string of the molecule is C(#Cc1ccccc1)C[NH+]1CC[C@@H]2CCCC[C@@H]2C1.[Cl-]. The van der Waals surface area contributed by atoms with Crippen molar-refractivity contribution in [3.8, 4) is 11.8 Å². The Balaban J connectivity index is 0.00000147. The van der Waals surface area contributed by atoms with Gasteiger partial charge in [-0.15, -0.1) is 0 Å². The van der Waals surface area contributed by atoms with Gasteiger partial charge in [0.05, 0.1) is 13.1 Å². The van der Waals surface area contributed by atoms with Crippen molar-refractivity contribution in [1.29, 1.82) is 0 Å². The number of rotatable bonds is 1. The van der Waals surface area contributed by atoms with E-state index < -0.39 is 0 Å². The summed E-state index contributed by atoms with van der Waals surface area (Å²) in [6.07, 6.45) is 7.34. The van der Waals surface area contributed by atoms with Gasteiger partial charge < -0.3 is 17.3 Å². The van der Waals surface area contributed by atoms with Crippen molar-refractivity contribution < 1.29 is 17.3 Å². The van der Waals surface area contributed by atoms with Crippen molar-refractivity contribution in [3.05, 3.63) is 35.9 Å². The minimum atomic E-state index is 0. The molecule has 3 rings (SSSR count). The zero-order valence-electron chi connectivity index (χ0n) is 12.1. The summed E-state index contributed by atoms with van der Waals surface area (Å²) in [5, 5.41) is 0. The Hall–Kier alpha value is -0.970. The summed E-state index contributed by atoms with van der Waals surface area (Å²) in [5.74, 6) is 8.71. The molecular weight excluding hydrogens is 266 g/mol. The standard InChI is InChI=1S/C18H23N.ClH/c1-2-7-16(8-3-1)9-6-13-19-14-12-17-10-4-5-11-18(17)15-19;/h1-3,7-8,17-18H,4-5,10-15H2;1H/t17-,18+;/m0./s1. The van der Waals surface area contributed by atoms with Gasteiger partial charge in [0.1, 0.15) is 6.54 Å². The maximum atomic E-state index is 3.38. The van der Waals surface area contributed by atoms with Crippen molar-refractivity contribution in [1.82, 2.24) is 0 Å². The van der Waals surface area contributed by atoms with Gasteiger partial charge in [0, 0.05) is 11.5 Å². The van der Waals surface area contributed by atoms with Crippen LogP contribution in [0.4, 0.5) is 0 Å². The van der Waals surface area contributed by atoms with E-state index in [2.05, 4.69) is 36.1 Å². The topological polar surface area (TPSA) is 4.44 Å². The zero-order valence-corrected chi connectivity index (χ0v) is 12.8. The molecule has 1 aliphatic heterocycles. The number of hydrogen-bond donors (Lipinski definition) is 1. The van der Waals surface area contributed by atoms with Crippen LogP contribution < -0.4 is 17.3 Å². The highest BCUT2D eigenvalue weighted by Crippen LogP contribution is 2.32. The van der Waals surface area contributed by atoms with Gasteiger partial charge >= 0.3 is 0 Å². The van der Waals surface area contributed by atoms with E-state index in [4.69, 9.17) is 0 Å². The first-order chi connectivity index (χ1) is 9.42. The third kappa shape index (κ3) is 4.01. The summed E-state index contributed by atoms with van der Waals surface area (Å²) >= 11 is 0. The molecule has 3 atom stereocenters. The number of halogens is 1. The van der Waals surface area contributed by atoms with Crippen LogP contribution in [0.15, 0.2) is 30.3 Å². The molecule has 1 nitrogen and oxygen atoms in total. The Morgan fingerprint density at radius 2 is 1.75 bits per heavy atom. The van der Waals surface area contributed by atoms with E-state index in [-0.39, 0.29) is 12.4 Å². The van der Waals surface area contributed by atoms with Crippen LogP contribution in [-0.4, -0.2) is 19.6 Å². The lowest BCUT2D eigenvalue weighted by atomic mass is 9.75. The molecule has 1 aliphatic carbocycles. The molecule has 2 heteroatoms. The minimum Gasteiger partial charge on any atom is -1.00 e. The second kappa shape index (κ2) is 7.72. The first kappa shape index (κ1) is 15.4. The van der Waals surface area contributed by atoms with E-state index >= 15 is 0 Å². The average Bonchev–Trinajstić information content (AvgIpc) is 2.48. The van der Waals surface area contributed by atoms with E-state index in [1.807, 2.05) is 6.07 Å². The molecule has 1 aromatic carbocycles. The summed E-state index contributed by atoms with van der Waals surface area (Å²) in [5.41, 5.74) is 1.15. The largest absolute Gasteiger partial charge is 1.00 e. The molecule has 20 heavy (non-hydrogen) atoms. The highest BCUT2D eigenvalue weighted by atomic mass is 35.5. The Kier molecular flexibility index (Phi) is 5.95. The van der Waals surface area contributed by atoms with Crippen LogP contribution >= 0.6 is 0 Å². The summed E-state index contributed by atoms with van der Waals surface area (Å²) in [6.45, 7) is 3.73. The molecule has 108 valence electrons. The lowest BCUT2D eigenvalue weighted by molar-refractivity contribution is -0.903. The number of quaternary nitrogens is 1. The summed E-state index contributed by atoms with van der Waals surface area (Å²) in [6, 6.07) is 10.4. The molecule has 2 aliphatic rings. The molecule has 0 spiro atoms. The maximum Gasteiger partial charge on any atom is 0.139 e. The highest BCUT2D eigenvalue weighted by molar-refractivity contribution is 5.33. The van der Waals surface area contributed by atoms with E-state index in [0.717, 1.165) is 23.9 Å². The summed E-state index contributed by atoms with van der Waals surface area (Å²) in [7, 11) is 0. The molecular formula is C18H24ClN. The summed E-state index contributed by atoms with van der Waals surface area (Å²) in [4.78, 5) is 1.71. The number of hydrogen-bond acceptors (Lipinski definition) is 0. The van der Waals surface area contributed by atoms with Crippen LogP contribution in [0, 0.1) is 23.7 Å². The first-order valence-electron chi connectivity index (χ1n) is 7.79. The first-order valence-corrected chi connectivity index (χ1v) is 7.79. The van der Waals surface area contributed by atoms with Gasteiger partial charge in [-0.3, -0.25) is 0 Å². The highest BCUT2D eigenvalue weighted by Gasteiger charge is 2.32. The Labute approximate surface area is 129 Å². The normalized spacial score (nSPS) is 28.5. The van der Waals surface area contributed by atoms with Crippen LogP contribution in [0.1, 0.15) is 37.7 Å². The number of nitrogens with one attached hydrogen (secondary N) is 1. The van der Waals surface area contributed by atoms with E-state index in [0.29, 0.717) is 0 Å². The minimum absolute atomic E-state index is 0. The Bertz CT molecular complexity index is 459. The van der Waals surface area contributed by atoms with Gasteiger partial charge in [-0.05, 0) is 43.2 Å². The van der Waals surface area contributed by atoms with Crippen molar-refractivity contribution in [2.75, 3.05) is 19.6 Å². The van der Waals surface area contributed by atoms with Gasteiger partial charge in [0.15, 0.2) is 0 Å². The van der Waals surface area contributed by atoms with Crippen LogP contribution in [0.5, 0.6) is 0 Å². The van der Waals surface area contributed by atoms with Crippen molar-refractivity contribution in [3.63, 3.8) is 0 Å². The predicted molar refractivity (Wildman–Crippen MR) is 78.9 cm³/mol. The fourth-order valence-electron chi connectivity index (χ4n) is 3.75. The molecule has 2 fully saturated rings. The van der Waals surface area contributed by atoms with Crippen LogP contribution in [0.2, 0.25) is 0 Å². The Morgan fingerprint density at radius 3 is 2.55 bits per heavy atom. The van der Waals surface area contributed by atoms with Gasteiger partial charge in [-0.25, -0.2) is 0 Å². The predicted octanol–water partition coefficient (Wildman–Crippen LogP) is -0.863. The molecule has 1 heterocycles. The lowest BCUT2D eigenvalue weighted by Gasteiger charge is -2.38. The summed E-state index contributed by atoms with van der Waals surface area (Å²) < 4.78 is 0. The second-order valence-electron chi connectivity index (χ2n) is 6.14. The van der Waals surface area contributed by atoms with Crippen molar-refractivity contribution in [2.24, 2.45) is 11.8 Å². The molecule has 0 bridgehead atoms. The van der Waals surface area contributed by atoms with E-state index in [1.165, 1.54) is 45.2 Å². The number of piperidine rings is 1. The number of fused-ring (bicyclic) bond motifs is 1. The molecule has 1 saturated heterocycles. The van der Waals surface area contributed by atoms with Crippen molar-refractivity contribution in [2.45, 2.75) is 32.1 Å².